The standard InChI is InChI=1S/C11H11F3O/c1-2-9(15)10(11(12,13)14)8-6-4-3-5-7-8/h3-7,10H,2H2,1H3. The zero-order valence-electron chi connectivity index (χ0n) is 8.21. The Bertz CT molecular complexity index is 329. The van der Waals surface area contributed by atoms with E-state index >= 15 is 0 Å². The predicted octanol–water partition coefficient (Wildman–Crippen LogP) is 3.31. The number of rotatable bonds is 3. The Kier molecular flexibility index (Phi) is 3.50. The van der Waals surface area contributed by atoms with E-state index in [-0.39, 0.29) is 12.0 Å². The van der Waals surface area contributed by atoms with Gasteiger partial charge in [-0.05, 0) is 5.56 Å². The molecule has 0 saturated carbocycles. The van der Waals surface area contributed by atoms with Crippen LogP contribution in [-0.4, -0.2) is 12.0 Å². The average molecular weight is 216 g/mol. The fourth-order valence-electron chi connectivity index (χ4n) is 1.41. The normalized spacial score (nSPS) is 13.6. The molecule has 0 spiro atoms. The maximum absolute atomic E-state index is 12.6. The summed E-state index contributed by atoms with van der Waals surface area (Å²) in [6.07, 6.45) is -4.62. The van der Waals surface area contributed by atoms with E-state index in [0.717, 1.165) is 0 Å². The number of ketones is 1. The van der Waals surface area contributed by atoms with Gasteiger partial charge in [0.2, 0.25) is 0 Å². The van der Waals surface area contributed by atoms with Crippen molar-refractivity contribution >= 4 is 5.78 Å². The number of Topliss-reactive ketones (excluding diaryl/α,β-unsaturated/α-hetero) is 1. The third-order valence-corrected chi connectivity index (χ3v) is 2.13. The van der Waals surface area contributed by atoms with Gasteiger partial charge in [-0.1, -0.05) is 37.3 Å². The van der Waals surface area contributed by atoms with Crippen molar-refractivity contribution in [2.75, 3.05) is 0 Å². The van der Waals surface area contributed by atoms with Crippen molar-refractivity contribution in [2.45, 2.75) is 25.4 Å². The van der Waals surface area contributed by atoms with E-state index in [4.69, 9.17) is 0 Å². The van der Waals surface area contributed by atoms with Crippen LogP contribution in [0.4, 0.5) is 13.2 Å². The number of benzene rings is 1. The van der Waals surface area contributed by atoms with Crippen LogP contribution in [0.2, 0.25) is 0 Å². The quantitative estimate of drug-likeness (QED) is 0.757. The Hall–Kier alpha value is -1.32. The van der Waals surface area contributed by atoms with Crippen molar-refractivity contribution in [3.05, 3.63) is 35.9 Å². The Morgan fingerprint density at radius 2 is 1.80 bits per heavy atom. The lowest BCUT2D eigenvalue weighted by Crippen LogP contribution is -2.28. The van der Waals surface area contributed by atoms with Crippen LogP contribution in [0, 0.1) is 0 Å². The molecule has 0 fully saturated rings. The second-order valence-corrected chi connectivity index (χ2v) is 3.21. The van der Waals surface area contributed by atoms with Gasteiger partial charge in [-0.2, -0.15) is 13.2 Å². The van der Waals surface area contributed by atoms with Gasteiger partial charge in [-0.25, -0.2) is 0 Å². The fourth-order valence-corrected chi connectivity index (χ4v) is 1.41. The summed E-state index contributed by atoms with van der Waals surface area (Å²) in [6, 6.07) is 7.26. The van der Waals surface area contributed by atoms with Gasteiger partial charge >= 0.3 is 6.18 Å². The lowest BCUT2D eigenvalue weighted by molar-refractivity contribution is -0.163. The summed E-state index contributed by atoms with van der Waals surface area (Å²) in [5.41, 5.74) is 0.0110. The number of halogens is 3. The van der Waals surface area contributed by atoms with Gasteiger partial charge < -0.3 is 0 Å². The molecule has 0 aliphatic rings. The molecule has 15 heavy (non-hydrogen) atoms. The van der Waals surface area contributed by atoms with Gasteiger partial charge in [0.1, 0.15) is 11.7 Å². The summed E-state index contributed by atoms with van der Waals surface area (Å²) in [5, 5.41) is 0. The summed E-state index contributed by atoms with van der Waals surface area (Å²) in [7, 11) is 0. The second kappa shape index (κ2) is 4.47. The van der Waals surface area contributed by atoms with E-state index in [9.17, 15) is 18.0 Å². The molecule has 0 N–H and O–H groups in total. The maximum atomic E-state index is 12.6. The highest BCUT2D eigenvalue weighted by molar-refractivity contribution is 5.86. The topological polar surface area (TPSA) is 17.1 Å². The van der Waals surface area contributed by atoms with Crippen LogP contribution < -0.4 is 0 Å². The van der Waals surface area contributed by atoms with Crippen LogP contribution in [0.5, 0.6) is 0 Å². The number of alkyl halides is 3. The molecule has 0 heterocycles. The number of hydrogen-bond acceptors (Lipinski definition) is 1. The summed E-state index contributed by atoms with van der Waals surface area (Å²) in [4.78, 5) is 11.2. The Morgan fingerprint density at radius 3 is 2.20 bits per heavy atom. The van der Waals surface area contributed by atoms with E-state index in [1.165, 1.54) is 31.2 Å². The molecule has 1 rings (SSSR count). The minimum Gasteiger partial charge on any atom is -0.299 e. The highest BCUT2D eigenvalue weighted by Gasteiger charge is 2.44. The van der Waals surface area contributed by atoms with Gasteiger partial charge in [0.05, 0.1) is 0 Å². The first kappa shape index (κ1) is 11.8. The SMILES string of the molecule is CCC(=O)C(c1ccccc1)C(F)(F)F. The van der Waals surface area contributed by atoms with Crippen LogP contribution >= 0.6 is 0 Å². The molecular weight excluding hydrogens is 205 g/mol. The van der Waals surface area contributed by atoms with Crippen molar-refractivity contribution in [1.29, 1.82) is 0 Å². The fraction of sp³-hybridized carbons (Fsp3) is 0.364. The van der Waals surface area contributed by atoms with Crippen LogP contribution in [0.1, 0.15) is 24.8 Å². The molecule has 1 nitrogen and oxygen atoms in total. The molecule has 1 aromatic rings. The van der Waals surface area contributed by atoms with Gasteiger partial charge in [0.25, 0.3) is 0 Å². The number of carbonyl (C=O) groups excluding carboxylic acids is 1. The molecule has 0 bridgehead atoms. The van der Waals surface area contributed by atoms with Crippen LogP contribution in [-0.2, 0) is 4.79 Å². The first-order chi connectivity index (χ1) is 6.96. The summed E-state index contributed by atoms with van der Waals surface area (Å²) in [5.74, 6) is -2.78. The molecule has 1 unspecified atom stereocenters. The van der Waals surface area contributed by atoms with Crippen molar-refractivity contribution in [2.24, 2.45) is 0 Å². The van der Waals surface area contributed by atoms with Crippen LogP contribution in [0.25, 0.3) is 0 Å². The Morgan fingerprint density at radius 1 is 1.27 bits per heavy atom. The van der Waals surface area contributed by atoms with E-state index in [0.29, 0.717) is 0 Å². The summed E-state index contributed by atoms with van der Waals surface area (Å²) >= 11 is 0. The van der Waals surface area contributed by atoms with E-state index in [2.05, 4.69) is 0 Å². The van der Waals surface area contributed by atoms with Gasteiger partial charge in [0.15, 0.2) is 0 Å². The molecule has 0 aliphatic heterocycles. The number of carbonyl (C=O) groups is 1. The van der Waals surface area contributed by atoms with Gasteiger partial charge in [-0.3, -0.25) is 4.79 Å². The smallest absolute Gasteiger partial charge is 0.299 e. The summed E-state index contributed by atoms with van der Waals surface area (Å²) in [6.45, 7) is 1.43. The average Bonchev–Trinajstić information content (AvgIpc) is 2.17. The largest absolute Gasteiger partial charge is 0.402 e. The second-order valence-electron chi connectivity index (χ2n) is 3.21. The Labute approximate surface area is 85.9 Å². The van der Waals surface area contributed by atoms with Crippen molar-refractivity contribution < 1.29 is 18.0 Å². The minimum absolute atomic E-state index is 0.0110. The van der Waals surface area contributed by atoms with Gasteiger partial charge in [0, 0.05) is 6.42 Å². The predicted molar refractivity (Wildman–Crippen MR) is 50.5 cm³/mol. The zero-order valence-corrected chi connectivity index (χ0v) is 8.21. The minimum atomic E-state index is -4.51. The molecule has 0 aromatic heterocycles. The molecular formula is C11H11F3O. The third-order valence-electron chi connectivity index (χ3n) is 2.13. The molecule has 1 aromatic carbocycles. The molecule has 4 heteroatoms. The zero-order chi connectivity index (χ0) is 11.5. The molecule has 0 aliphatic carbocycles. The summed E-state index contributed by atoms with van der Waals surface area (Å²) < 4.78 is 37.9. The van der Waals surface area contributed by atoms with Crippen molar-refractivity contribution in [3.63, 3.8) is 0 Å². The van der Waals surface area contributed by atoms with E-state index < -0.39 is 17.9 Å². The van der Waals surface area contributed by atoms with E-state index in [1.807, 2.05) is 0 Å². The molecule has 0 radical (unpaired) electrons. The highest BCUT2D eigenvalue weighted by Crippen LogP contribution is 2.36. The molecule has 82 valence electrons. The Balaban J connectivity index is 3.08. The first-order valence-electron chi connectivity index (χ1n) is 4.61. The van der Waals surface area contributed by atoms with Crippen molar-refractivity contribution in [1.82, 2.24) is 0 Å². The highest BCUT2D eigenvalue weighted by atomic mass is 19.4. The van der Waals surface area contributed by atoms with Gasteiger partial charge in [-0.15, -0.1) is 0 Å². The van der Waals surface area contributed by atoms with Crippen LogP contribution in [0.3, 0.4) is 0 Å². The van der Waals surface area contributed by atoms with E-state index in [1.54, 1.807) is 6.07 Å². The molecule has 0 saturated heterocycles. The van der Waals surface area contributed by atoms with Crippen LogP contribution in [0.15, 0.2) is 30.3 Å². The maximum Gasteiger partial charge on any atom is 0.402 e. The lowest BCUT2D eigenvalue weighted by atomic mass is 9.93. The third kappa shape index (κ3) is 2.81. The molecule has 1 atom stereocenters. The first-order valence-corrected chi connectivity index (χ1v) is 4.61. The molecule has 0 amide bonds. The lowest BCUT2D eigenvalue weighted by Gasteiger charge is -2.18. The monoisotopic (exact) mass is 216 g/mol. The number of hydrogen-bond donors (Lipinski definition) is 0. The van der Waals surface area contributed by atoms with Crippen molar-refractivity contribution in [3.8, 4) is 0 Å².